The maximum atomic E-state index is 14.0. The van der Waals surface area contributed by atoms with Gasteiger partial charge in [0.15, 0.2) is 5.78 Å². The van der Waals surface area contributed by atoms with Crippen molar-refractivity contribution in [1.82, 2.24) is 4.57 Å². The molecule has 0 radical (unpaired) electrons. The average molecular weight is 603 g/mol. The molecule has 1 amide bonds. The van der Waals surface area contributed by atoms with Crippen LogP contribution >= 0.6 is 0 Å². The number of carboxylic acid groups (broad SMARTS) is 1. The molecule has 1 aromatic heterocycles. The number of anilines is 1. The standard InChI is InChI=1S/C38H38N2O5/c1-27(2)22-28-17-19-29(20-18-28)24-40(38(44)45-26-30-10-4-3-5-11-30)32-13-8-12-31(23-32)37(43)34-25-39(21-9-16-36(41)42)35-15-7-6-14-33(34)35/h3-8,10-15,17-20,23,25,27H,9,16,21-22,24,26H2,1-2H3,(H,41,42). The number of aryl methyl sites for hydroxylation is 1. The molecule has 0 aliphatic heterocycles. The van der Waals surface area contributed by atoms with Crippen LogP contribution < -0.4 is 4.90 Å². The Labute approximate surface area is 263 Å². The number of para-hydroxylation sites is 1. The number of carbonyl (C=O) groups excluding carboxylic acids is 2. The zero-order chi connectivity index (χ0) is 31.8. The summed E-state index contributed by atoms with van der Waals surface area (Å²) in [6, 6.07) is 32.4. The Bertz CT molecular complexity index is 1770. The van der Waals surface area contributed by atoms with Crippen LogP contribution in [0.4, 0.5) is 10.5 Å². The third kappa shape index (κ3) is 8.06. The highest BCUT2D eigenvalue weighted by Crippen LogP contribution is 2.27. The summed E-state index contributed by atoms with van der Waals surface area (Å²) in [7, 11) is 0. The molecule has 4 aromatic carbocycles. The number of hydrogen-bond donors (Lipinski definition) is 1. The third-order valence-corrected chi connectivity index (χ3v) is 7.68. The van der Waals surface area contributed by atoms with Crippen LogP contribution in [0, 0.1) is 5.92 Å². The fourth-order valence-electron chi connectivity index (χ4n) is 5.48. The summed E-state index contributed by atoms with van der Waals surface area (Å²) in [4.78, 5) is 40.2. The number of rotatable bonds is 13. The molecule has 0 aliphatic rings. The first-order valence-electron chi connectivity index (χ1n) is 15.3. The van der Waals surface area contributed by atoms with Crippen molar-refractivity contribution in [3.8, 4) is 0 Å². The van der Waals surface area contributed by atoms with Gasteiger partial charge in [0.05, 0.1) is 6.54 Å². The third-order valence-electron chi connectivity index (χ3n) is 7.68. The Morgan fingerprint density at radius 2 is 1.53 bits per heavy atom. The van der Waals surface area contributed by atoms with E-state index in [2.05, 4.69) is 26.0 Å². The first-order valence-corrected chi connectivity index (χ1v) is 15.3. The Kier molecular flexibility index (Phi) is 10.1. The number of aromatic nitrogens is 1. The van der Waals surface area contributed by atoms with Crippen molar-refractivity contribution in [3.05, 3.63) is 137 Å². The average Bonchev–Trinajstić information content (AvgIpc) is 3.41. The van der Waals surface area contributed by atoms with Crippen molar-refractivity contribution in [2.75, 3.05) is 4.90 Å². The number of carboxylic acids is 1. The van der Waals surface area contributed by atoms with Gasteiger partial charge in [0.1, 0.15) is 6.61 Å². The van der Waals surface area contributed by atoms with Gasteiger partial charge in [-0.2, -0.15) is 0 Å². The molecule has 0 spiro atoms. The van der Waals surface area contributed by atoms with Gasteiger partial charge in [0.2, 0.25) is 0 Å². The molecule has 0 aliphatic carbocycles. The highest BCUT2D eigenvalue weighted by molar-refractivity contribution is 6.17. The zero-order valence-corrected chi connectivity index (χ0v) is 25.7. The lowest BCUT2D eigenvalue weighted by molar-refractivity contribution is -0.137. The quantitative estimate of drug-likeness (QED) is 0.137. The zero-order valence-electron chi connectivity index (χ0n) is 25.7. The van der Waals surface area contributed by atoms with E-state index in [0.29, 0.717) is 35.7 Å². The summed E-state index contributed by atoms with van der Waals surface area (Å²) < 4.78 is 7.69. The van der Waals surface area contributed by atoms with Crippen LogP contribution in [0.3, 0.4) is 0 Å². The summed E-state index contributed by atoms with van der Waals surface area (Å²) in [5.74, 6) is -0.488. The number of ketones is 1. The Hall–Kier alpha value is -5.17. The van der Waals surface area contributed by atoms with Crippen LogP contribution in [0.15, 0.2) is 109 Å². The summed E-state index contributed by atoms with van der Waals surface area (Å²) >= 11 is 0. The minimum atomic E-state index is -0.849. The van der Waals surface area contributed by atoms with Gasteiger partial charge in [-0.15, -0.1) is 0 Å². The van der Waals surface area contributed by atoms with Crippen LogP contribution in [-0.4, -0.2) is 27.5 Å². The van der Waals surface area contributed by atoms with E-state index in [1.807, 2.05) is 77.4 Å². The van der Waals surface area contributed by atoms with Crippen molar-refractivity contribution in [3.63, 3.8) is 0 Å². The lowest BCUT2D eigenvalue weighted by Gasteiger charge is -2.23. The molecule has 0 fully saturated rings. The largest absolute Gasteiger partial charge is 0.481 e. The van der Waals surface area contributed by atoms with Crippen molar-refractivity contribution in [2.45, 2.75) is 52.8 Å². The summed E-state index contributed by atoms with van der Waals surface area (Å²) in [5, 5.41) is 9.88. The number of nitrogens with zero attached hydrogens (tertiary/aromatic N) is 2. The van der Waals surface area contributed by atoms with E-state index in [1.54, 1.807) is 29.3 Å². The van der Waals surface area contributed by atoms with Crippen LogP contribution in [0.5, 0.6) is 0 Å². The number of amides is 1. The molecule has 0 bridgehead atoms. The topological polar surface area (TPSA) is 88.8 Å². The molecule has 230 valence electrons. The lowest BCUT2D eigenvalue weighted by atomic mass is 10.0. The van der Waals surface area contributed by atoms with E-state index in [1.165, 1.54) is 5.56 Å². The van der Waals surface area contributed by atoms with Gasteiger partial charge in [-0.3, -0.25) is 14.5 Å². The minimum absolute atomic E-state index is 0.0501. The Balaban J connectivity index is 1.43. The normalized spacial score (nSPS) is 11.1. The first-order chi connectivity index (χ1) is 21.8. The Morgan fingerprint density at radius 3 is 2.27 bits per heavy atom. The summed E-state index contributed by atoms with van der Waals surface area (Å²) in [6.07, 6.45) is 2.77. The summed E-state index contributed by atoms with van der Waals surface area (Å²) in [5.41, 5.74) is 5.45. The van der Waals surface area contributed by atoms with Gasteiger partial charge in [0.25, 0.3) is 0 Å². The highest BCUT2D eigenvalue weighted by atomic mass is 16.6. The fraction of sp³-hybridized carbons (Fsp3) is 0.237. The smallest absolute Gasteiger partial charge is 0.414 e. The molecule has 0 unspecified atom stereocenters. The number of ether oxygens (including phenoxy) is 1. The first kappa shape index (κ1) is 31.3. The van der Waals surface area contributed by atoms with E-state index in [0.717, 1.165) is 28.5 Å². The van der Waals surface area contributed by atoms with E-state index in [4.69, 9.17) is 9.84 Å². The van der Waals surface area contributed by atoms with Crippen molar-refractivity contribution in [1.29, 1.82) is 0 Å². The second kappa shape index (κ2) is 14.5. The number of hydrogen-bond acceptors (Lipinski definition) is 4. The van der Waals surface area contributed by atoms with E-state index in [9.17, 15) is 14.4 Å². The van der Waals surface area contributed by atoms with Crippen LogP contribution in [0.2, 0.25) is 0 Å². The molecule has 45 heavy (non-hydrogen) atoms. The highest BCUT2D eigenvalue weighted by Gasteiger charge is 2.22. The molecule has 5 rings (SSSR count). The second-order valence-corrected chi connectivity index (χ2v) is 11.7. The Morgan fingerprint density at radius 1 is 0.822 bits per heavy atom. The van der Waals surface area contributed by atoms with Gasteiger partial charge in [0, 0.05) is 46.9 Å². The van der Waals surface area contributed by atoms with Gasteiger partial charge >= 0.3 is 12.1 Å². The SMILES string of the molecule is CC(C)Cc1ccc(CN(C(=O)OCc2ccccc2)c2cccc(C(=O)c3cn(CCCC(=O)O)c4ccccc34)c2)cc1. The predicted molar refractivity (Wildman–Crippen MR) is 176 cm³/mol. The van der Waals surface area contributed by atoms with Gasteiger partial charge < -0.3 is 14.4 Å². The number of fused-ring (bicyclic) bond motifs is 1. The molecule has 7 nitrogen and oxygen atoms in total. The second-order valence-electron chi connectivity index (χ2n) is 11.7. The number of aliphatic carboxylic acids is 1. The number of carbonyl (C=O) groups is 3. The van der Waals surface area contributed by atoms with Crippen LogP contribution in [-0.2, 0) is 35.6 Å². The molecule has 1 heterocycles. The maximum absolute atomic E-state index is 14.0. The van der Waals surface area contributed by atoms with Gasteiger partial charge in [-0.1, -0.05) is 98.8 Å². The van der Waals surface area contributed by atoms with Crippen LogP contribution in [0.25, 0.3) is 10.9 Å². The molecule has 0 atom stereocenters. The lowest BCUT2D eigenvalue weighted by Crippen LogP contribution is -2.31. The molecule has 0 saturated carbocycles. The maximum Gasteiger partial charge on any atom is 0.414 e. The van der Waals surface area contributed by atoms with Crippen molar-refractivity contribution < 1.29 is 24.2 Å². The summed E-state index contributed by atoms with van der Waals surface area (Å²) in [6.45, 7) is 5.25. The number of benzene rings is 4. The fourth-order valence-corrected chi connectivity index (χ4v) is 5.48. The van der Waals surface area contributed by atoms with Gasteiger partial charge in [-0.05, 0) is 53.6 Å². The van der Waals surface area contributed by atoms with Crippen LogP contribution in [0.1, 0.15) is 59.3 Å². The minimum Gasteiger partial charge on any atom is -0.481 e. The molecule has 7 heteroatoms. The molecular formula is C38H38N2O5. The van der Waals surface area contributed by atoms with Gasteiger partial charge in [-0.25, -0.2) is 4.79 Å². The monoisotopic (exact) mass is 602 g/mol. The molecule has 5 aromatic rings. The van der Waals surface area contributed by atoms with E-state index in [-0.39, 0.29) is 25.4 Å². The molecular weight excluding hydrogens is 564 g/mol. The van der Waals surface area contributed by atoms with Crippen molar-refractivity contribution >= 4 is 34.4 Å². The van der Waals surface area contributed by atoms with E-state index < -0.39 is 12.1 Å². The van der Waals surface area contributed by atoms with Crippen molar-refractivity contribution in [2.24, 2.45) is 5.92 Å². The molecule has 0 saturated heterocycles. The molecule has 1 N–H and O–H groups in total. The van der Waals surface area contributed by atoms with E-state index >= 15 is 0 Å². The predicted octanol–water partition coefficient (Wildman–Crippen LogP) is 8.28.